The third-order valence-corrected chi connectivity index (χ3v) is 9.27. The maximum Gasteiger partial charge on any atom is 0.190 e. The number of carbonyl (C=O) groups excluding carboxylic acids is 1. The molecule has 12 atom stereocenters. The van der Waals surface area contributed by atoms with E-state index in [1.54, 1.807) is 6.26 Å². The molecule has 9 heteroatoms. The van der Waals surface area contributed by atoms with Gasteiger partial charge < -0.3 is 34.0 Å². The Kier molecular flexibility index (Phi) is 4.21. The fourth-order valence-corrected chi connectivity index (χ4v) is 7.76. The van der Waals surface area contributed by atoms with Crippen LogP contribution in [0.15, 0.2) is 58.5 Å². The van der Waals surface area contributed by atoms with Gasteiger partial charge >= 0.3 is 0 Å². The minimum absolute atomic E-state index is 0.0701. The number of carbonyl (C=O) groups is 1. The summed E-state index contributed by atoms with van der Waals surface area (Å²) in [7, 11) is 0. The van der Waals surface area contributed by atoms with Crippen LogP contribution in [0, 0.1) is 17.3 Å². The lowest BCUT2D eigenvalue weighted by Crippen LogP contribution is -2.72. The second kappa shape index (κ2) is 7.05. The van der Waals surface area contributed by atoms with Crippen molar-refractivity contribution in [2.75, 3.05) is 0 Å². The number of hydrogen-bond acceptors (Lipinski definition) is 9. The van der Waals surface area contributed by atoms with Crippen LogP contribution >= 0.6 is 0 Å². The lowest BCUT2D eigenvalue weighted by molar-refractivity contribution is -0.187. The molecule has 4 fully saturated rings. The summed E-state index contributed by atoms with van der Waals surface area (Å²) < 4.78 is 24.2. The maximum absolute atomic E-state index is 13.4. The van der Waals surface area contributed by atoms with Gasteiger partial charge in [0.1, 0.15) is 48.9 Å². The third kappa shape index (κ3) is 2.48. The summed E-state index contributed by atoms with van der Waals surface area (Å²) >= 11 is 0. The van der Waals surface area contributed by atoms with Crippen molar-refractivity contribution in [1.82, 2.24) is 0 Å². The number of oxime groups is 1. The molecule has 9 nitrogen and oxygen atoms in total. The number of aliphatic hydroxyl groups is 2. The number of benzene rings is 1. The Morgan fingerprint density at radius 3 is 2.56 bits per heavy atom. The molecular formula is C27H27NO8. The molecule has 5 aliphatic heterocycles. The highest BCUT2D eigenvalue weighted by molar-refractivity contribution is 6.07. The van der Waals surface area contributed by atoms with E-state index in [-0.39, 0.29) is 36.4 Å². The molecule has 3 saturated heterocycles. The van der Waals surface area contributed by atoms with Gasteiger partial charge in [-0.05, 0) is 25.0 Å². The van der Waals surface area contributed by atoms with E-state index in [2.05, 4.69) is 5.16 Å². The molecule has 5 heterocycles. The Bertz CT molecular complexity index is 1260. The quantitative estimate of drug-likeness (QED) is 0.473. The first-order valence-electron chi connectivity index (χ1n) is 12.7. The summed E-state index contributed by atoms with van der Waals surface area (Å²) in [6, 6.07) is 9.75. The summed E-state index contributed by atoms with van der Waals surface area (Å²) in [6.45, 7) is 4.20. The Morgan fingerprint density at radius 1 is 1.00 bits per heavy atom. The molecule has 1 saturated carbocycles. The molecule has 8 aliphatic rings. The van der Waals surface area contributed by atoms with Crippen molar-refractivity contribution in [1.29, 1.82) is 0 Å². The van der Waals surface area contributed by atoms with Crippen LogP contribution in [0.25, 0.3) is 0 Å². The first-order chi connectivity index (χ1) is 17.4. The van der Waals surface area contributed by atoms with E-state index >= 15 is 0 Å². The highest BCUT2D eigenvalue weighted by atomic mass is 16.6. The van der Waals surface area contributed by atoms with Gasteiger partial charge in [-0.15, -0.1) is 0 Å². The molecule has 0 aromatic heterocycles. The number of Topliss-reactive ketones (excluding diaryl/α,β-unsaturated/α-hetero) is 1. The van der Waals surface area contributed by atoms with Crippen LogP contribution in [0.5, 0.6) is 0 Å². The maximum atomic E-state index is 13.4. The average molecular weight is 494 g/mol. The van der Waals surface area contributed by atoms with Crippen molar-refractivity contribution in [2.45, 2.75) is 75.4 Å². The summed E-state index contributed by atoms with van der Waals surface area (Å²) in [6.07, 6.45) is -3.61. The molecule has 0 amide bonds. The SMILES string of the molecule is C[C@@H]1O[C@@H]2C3=C(C(=O)[C@H]4O[C@@H]4[C@H]3O)C1[C@H]1[C@H](C)OC=C3[C@H](O)[C@H]4O[C@H]4C(=NOCc4ccccc4)[C@@]321. The van der Waals surface area contributed by atoms with Gasteiger partial charge in [0.2, 0.25) is 0 Å². The van der Waals surface area contributed by atoms with Crippen molar-refractivity contribution in [2.24, 2.45) is 22.4 Å². The third-order valence-electron chi connectivity index (χ3n) is 9.27. The van der Waals surface area contributed by atoms with Gasteiger partial charge in [-0.25, -0.2) is 0 Å². The fraction of sp³-hybridized carbons (Fsp3) is 0.556. The summed E-state index contributed by atoms with van der Waals surface area (Å²) in [5.41, 5.74) is 2.41. The molecule has 2 bridgehead atoms. The van der Waals surface area contributed by atoms with E-state index in [9.17, 15) is 15.0 Å². The van der Waals surface area contributed by atoms with E-state index < -0.39 is 48.1 Å². The molecule has 36 heavy (non-hydrogen) atoms. The number of nitrogens with zero attached hydrogens (tertiary/aromatic N) is 1. The number of aliphatic hydroxyl groups excluding tert-OH is 2. The predicted octanol–water partition coefficient (Wildman–Crippen LogP) is 1.03. The van der Waals surface area contributed by atoms with Crippen LogP contribution < -0.4 is 0 Å². The van der Waals surface area contributed by atoms with Gasteiger partial charge in [0.05, 0.1) is 30.0 Å². The van der Waals surface area contributed by atoms with Gasteiger partial charge in [0.25, 0.3) is 0 Å². The highest BCUT2D eigenvalue weighted by Gasteiger charge is 2.78. The van der Waals surface area contributed by atoms with E-state index in [0.717, 1.165) is 5.56 Å². The lowest BCUT2D eigenvalue weighted by atomic mass is 9.45. The van der Waals surface area contributed by atoms with Crippen LogP contribution in [0.1, 0.15) is 19.4 Å². The first kappa shape index (κ1) is 21.5. The van der Waals surface area contributed by atoms with E-state index in [0.29, 0.717) is 22.4 Å². The minimum Gasteiger partial charge on any atom is -0.498 e. The molecule has 1 unspecified atom stereocenters. The van der Waals surface area contributed by atoms with Gasteiger partial charge in [-0.1, -0.05) is 35.5 Å². The monoisotopic (exact) mass is 493 g/mol. The van der Waals surface area contributed by atoms with Crippen molar-refractivity contribution in [3.05, 3.63) is 58.9 Å². The van der Waals surface area contributed by atoms with E-state index in [1.165, 1.54) is 0 Å². The highest BCUT2D eigenvalue weighted by Crippen LogP contribution is 2.68. The molecule has 1 spiro atoms. The van der Waals surface area contributed by atoms with Gasteiger partial charge in [0, 0.05) is 23.0 Å². The van der Waals surface area contributed by atoms with E-state index in [4.69, 9.17) is 23.8 Å². The standard InChI is InChI=1S/C27H27NO8/c1-10-14-15-16(20(31)23-22(35-23)19(15)30)26(34-10)27-13(9-32-11(2)17(14)27)18(29)21-24(36-21)25(27)28-33-8-12-6-4-3-5-7-12/h3-7,9-11,14,17-18,20-24,26,29,31H,8H2,1-2H3/t10-,11-,14?,17+,18-,20-,21+,22+,23+,24+,26+,27-/m0/s1. The van der Waals surface area contributed by atoms with Crippen LogP contribution in [-0.4, -0.2) is 76.6 Å². The summed E-state index contributed by atoms with van der Waals surface area (Å²) in [5, 5.41) is 27.3. The van der Waals surface area contributed by atoms with Gasteiger partial charge in [-0.2, -0.15) is 0 Å². The first-order valence-corrected chi connectivity index (χ1v) is 12.7. The van der Waals surface area contributed by atoms with Crippen molar-refractivity contribution >= 4 is 11.5 Å². The number of hydrogen-bond donors (Lipinski definition) is 2. The minimum atomic E-state index is -0.968. The van der Waals surface area contributed by atoms with Crippen LogP contribution in [0.3, 0.4) is 0 Å². The van der Waals surface area contributed by atoms with Crippen LogP contribution in [0.4, 0.5) is 0 Å². The van der Waals surface area contributed by atoms with Crippen LogP contribution in [-0.2, 0) is 35.2 Å². The molecule has 2 N–H and O–H groups in total. The topological polar surface area (TPSA) is 123 Å². The van der Waals surface area contributed by atoms with Crippen molar-refractivity contribution in [3.8, 4) is 0 Å². The largest absolute Gasteiger partial charge is 0.498 e. The Morgan fingerprint density at radius 2 is 1.75 bits per heavy atom. The zero-order chi connectivity index (χ0) is 24.5. The lowest BCUT2D eigenvalue weighted by Gasteiger charge is -2.64. The Labute approximate surface area is 207 Å². The normalized spacial score (nSPS) is 50.2. The summed E-state index contributed by atoms with van der Waals surface area (Å²) in [4.78, 5) is 19.3. The molecule has 0 radical (unpaired) electrons. The Balaban J connectivity index is 1.31. The molecule has 1 aromatic carbocycles. The van der Waals surface area contributed by atoms with E-state index in [1.807, 2.05) is 44.2 Å². The number of epoxide rings is 2. The Hall–Kier alpha value is -2.56. The number of ketones is 1. The zero-order valence-corrected chi connectivity index (χ0v) is 19.8. The zero-order valence-electron chi connectivity index (χ0n) is 19.8. The van der Waals surface area contributed by atoms with Crippen LogP contribution in [0.2, 0.25) is 0 Å². The molecule has 1 aromatic rings. The second-order valence-corrected chi connectivity index (χ2v) is 11.0. The fourth-order valence-electron chi connectivity index (χ4n) is 7.76. The number of rotatable bonds is 3. The predicted molar refractivity (Wildman–Crippen MR) is 122 cm³/mol. The van der Waals surface area contributed by atoms with Crippen molar-refractivity contribution in [3.63, 3.8) is 0 Å². The van der Waals surface area contributed by atoms with Gasteiger partial charge in [-0.3, -0.25) is 4.79 Å². The average Bonchev–Trinajstić information content (AvgIpc) is 3.79. The molecule has 3 aliphatic carbocycles. The molecule has 188 valence electrons. The molecular weight excluding hydrogens is 466 g/mol. The number of fused-ring (bicyclic) bond motifs is 3. The smallest absolute Gasteiger partial charge is 0.190 e. The number of ether oxygens (including phenoxy) is 4. The molecule has 9 rings (SSSR count). The second-order valence-electron chi connectivity index (χ2n) is 11.0. The van der Waals surface area contributed by atoms with Crippen molar-refractivity contribution < 1.29 is 38.8 Å². The van der Waals surface area contributed by atoms with Gasteiger partial charge in [0.15, 0.2) is 5.78 Å². The summed E-state index contributed by atoms with van der Waals surface area (Å²) in [5.74, 6) is -0.701.